The molecule has 0 spiro atoms. The second-order valence-corrected chi connectivity index (χ2v) is 9.58. The van der Waals surface area contributed by atoms with E-state index in [0.717, 1.165) is 12.0 Å². The van der Waals surface area contributed by atoms with Gasteiger partial charge in [-0.15, -0.1) is 0 Å². The molecule has 0 saturated heterocycles. The number of ether oxygens (including phenoxy) is 2. The van der Waals surface area contributed by atoms with Crippen molar-refractivity contribution in [1.82, 2.24) is 10.6 Å². The number of esters is 1. The standard InChI is InChI=1S/C26H34ClN3O5/c1-6-13-35-22-12-9-18(15-21(22)27)24(32)28-20(16-23(31)34-5)14-17-7-10-19(11-8-17)29-25(33)30-26(2,3)4/h7-12,15,20H,6,13-14,16H2,1-5H3,(H,28,32)(H2,29,30,33)/t20-/m0/s1. The summed E-state index contributed by atoms with van der Waals surface area (Å²) in [5, 5.41) is 8.84. The maximum Gasteiger partial charge on any atom is 0.319 e. The van der Waals surface area contributed by atoms with Crippen molar-refractivity contribution in [3.8, 4) is 5.75 Å². The van der Waals surface area contributed by atoms with Gasteiger partial charge in [0.2, 0.25) is 0 Å². The number of carbonyl (C=O) groups is 3. The minimum absolute atomic E-state index is 0.00164. The molecule has 3 amide bonds. The van der Waals surface area contributed by atoms with E-state index in [1.165, 1.54) is 7.11 Å². The highest BCUT2D eigenvalue weighted by atomic mass is 35.5. The average molecular weight is 504 g/mol. The van der Waals surface area contributed by atoms with Crippen molar-refractivity contribution in [2.75, 3.05) is 19.0 Å². The number of amides is 3. The van der Waals surface area contributed by atoms with Gasteiger partial charge in [0.15, 0.2) is 0 Å². The third-order valence-electron chi connectivity index (χ3n) is 4.81. The van der Waals surface area contributed by atoms with E-state index in [-0.39, 0.29) is 23.9 Å². The van der Waals surface area contributed by atoms with Gasteiger partial charge in [-0.3, -0.25) is 9.59 Å². The van der Waals surface area contributed by atoms with Crippen LogP contribution in [-0.2, 0) is 16.0 Å². The molecule has 0 heterocycles. The summed E-state index contributed by atoms with van der Waals surface area (Å²) in [5.74, 6) is -0.283. The molecule has 2 rings (SSSR count). The highest BCUT2D eigenvalue weighted by Gasteiger charge is 2.20. The summed E-state index contributed by atoms with van der Waals surface area (Å²) in [6.07, 6.45) is 1.23. The quantitative estimate of drug-likeness (QED) is 0.398. The maximum atomic E-state index is 12.9. The zero-order valence-electron chi connectivity index (χ0n) is 20.9. The molecule has 35 heavy (non-hydrogen) atoms. The molecular formula is C26H34ClN3O5. The Balaban J connectivity index is 2.07. The summed E-state index contributed by atoms with van der Waals surface area (Å²) in [7, 11) is 1.30. The lowest BCUT2D eigenvalue weighted by Gasteiger charge is -2.21. The van der Waals surface area contributed by atoms with Gasteiger partial charge >= 0.3 is 12.0 Å². The molecule has 1 atom stereocenters. The number of halogens is 1. The van der Waals surface area contributed by atoms with Gasteiger partial charge in [-0.1, -0.05) is 30.7 Å². The Morgan fingerprint density at radius 1 is 1.06 bits per heavy atom. The number of methoxy groups -OCH3 is 1. The van der Waals surface area contributed by atoms with E-state index in [9.17, 15) is 14.4 Å². The summed E-state index contributed by atoms with van der Waals surface area (Å²) in [5.41, 5.74) is 1.51. The largest absolute Gasteiger partial charge is 0.492 e. The molecule has 0 radical (unpaired) electrons. The van der Waals surface area contributed by atoms with E-state index in [2.05, 4.69) is 16.0 Å². The first-order valence-corrected chi connectivity index (χ1v) is 11.9. The van der Waals surface area contributed by atoms with Crippen molar-refractivity contribution in [2.24, 2.45) is 0 Å². The van der Waals surface area contributed by atoms with Crippen molar-refractivity contribution in [3.63, 3.8) is 0 Å². The van der Waals surface area contributed by atoms with E-state index >= 15 is 0 Å². The van der Waals surface area contributed by atoms with Crippen LogP contribution in [-0.4, -0.2) is 43.2 Å². The molecule has 2 aromatic rings. The lowest BCUT2D eigenvalue weighted by molar-refractivity contribution is -0.141. The summed E-state index contributed by atoms with van der Waals surface area (Å²) >= 11 is 6.25. The fourth-order valence-electron chi connectivity index (χ4n) is 3.21. The summed E-state index contributed by atoms with van der Waals surface area (Å²) in [4.78, 5) is 36.9. The Kier molecular flexibility index (Phi) is 10.4. The van der Waals surface area contributed by atoms with Crippen molar-refractivity contribution in [1.29, 1.82) is 0 Å². The van der Waals surface area contributed by atoms with E-state index in [1.807, 2.05) is 39.8 Å². The van der Waals surface area contributed by atoms with Gasteiger partial charge in [-0.05, 0) is 69.5 Å². The molecule has 0 aliphatic carbocycles. The first-order valence-electron chi connectivity index (χ1n) is 11.5. The number of hydrogen-bond donors (Lipinski definition) is 3. The minimum Gasteiger partial charge on any atom is -0.492 e. The Labute approximate surface area is 211 Å². The predicted octanol–water partition coefficient (Wildman–Crippen LogP) is 4.95. The molecule has 3 N–H and O–H groups in total. The van der Waals surface area contributed by atoms with Crippen LogP contribution in [0.5, 0.6) is 5.75 Å². The predicted molar refractivity (Wildman–Crippen MR) is 137 cm³/mol. The van der Waals surface area contributed by atoms with Crippen LogP contribution in [0.3, 0.4) is 0 Å². The Hall–Kier alpha value is -3.26. The normalized spacial score (nSPS) is 11.8. The maximum absolute atomic E-state index is 12.9. The van der Waals surface area contributed by atoms with Gasteiger partial charge in [0, 0.05) is 22.8 Å². The molecule has 0 aromatic heterocycles. The number of carbonyl (C=O) groups excluding carboxylic acids is 3. The van der Waals surface area contributed by atoms with Crippen LogP contribution in [0.1, 0.15) is 56.5 Å². The van der Waals surface area contributed by atoms with Crippen LogP contribution in [0, 0.1) is 0 Å². The highest BCUT2D eigenvalue weighted by molar-refractivity contribution is 6.32. The van der Waals surface area contributed by atoms with Crippen LogP contribution < -0.4 is 20.7 Å². The molecule has 9 heteroatoms. The van der Waals surface area contributed by atoms with Crippen LogP contribution in [0.2, 0.25) is 5.02 Å². The molecule has 0 bridgehead atoms. The van der Waals surface area contributed by atoms with Gasteiger partial charge in [0.05, 0.1) is 25.2 Å². The fourth-order valence-corrected chi connectivity index (χ4v) is 3.45. The number of benzene rings is 2. The molecular weight excluding hydrogens is 470 g/mol. The summed E-state index contributed by atoms with van der Waals surface area (Å²) in [6, 6.07) is 11.2. The highest BCUT2D eigenvalue weighted by Crippen LogP contribution is 2.26. The summed E-state index contributed by atoms with van der Waals surface area (Å²) < 4.78 is 10.3. The van der Waals surface area contributed by atoms with Crippen molar-refractivity contribution >= 4 is 35.2 Å². The number of rotatable bonds is 10. The van der Waals surface area contributed by atoms with Crippen molar-refractivity contribution in [2.45, 2.75) is 58.5 Å². The first kappa shape index (κ1) is 28.0. The second-order valence-electron chi connectivity index (χ2n) is 9.17. The van der Waals surface area contributed by atoms with Crippen molar-refractivity contribution in [3.05, 3.63) is 58.6 Å². The van der Waals surface area contributed by atoms with Gasteiger partial charge in [0.1, 0.15) is 5.75 Å². The van der Waals surface area contributed by atoms with Gasteiger partial charge < -0.3 is 25.4 Å². The zero-order chi connectivity index (χ0) is 26.0. The molecule has 0 saturated carbocycles. The van der Waals surface area contributed by atoms with Crippen molar-refractivity contribution < 1.29 is 23.9 Å². The van der Waals surface area contributed by atoms with E-state index in [0.29, 0.717) is 35.1 Å². The molecule has 8 nitrogen and oxygen atoms in total. The number of anilines is 1. The van der Waals surface area contributed by atoms with Crippen LogP contribution >= 0.6 is 11.6 Å². The Bertz CT molecular complexity index is 1020. The second kappa shape index (κ2) is 13.0. The third-order valence-corrected chi connectivity index (χ3v) is 5.11. The van der Waals surface area contributed by atoms with E-state index in [1.54, 1.807) is 30.3 Å². The number of urea groups is 1. The Morgan fingerprint density at radius 3 is 2.31 bits per heavy atom. The van der Waals surface area contributed by atoms with E-state index < -0.39 is 12.0 Å². The lowest BCUT2D eigenvalue weighted by atomic mass is 10.0. The topological polar surface area (TPSA) is 106 Å². The molecule has 0 aliphatic rings. The Morgan fingerprint density at radius 2 is 1.74 bits per heavy atom. The lowest BCUT2D eigenvalue weighted by Crippen LogP contribution is -2.43. The number of hydrogen-bond acceptors (Lipinski definition) is 5. The molecule has 0 fully saturated rings. The van der Waals surface area contributed by atoms with Gasteiger partial charge in [-0.25, -0.2) is 4.79 Å². The first-order chi connectivity index (χ1) is 16.5. The monoisotopic (exact) mass is 503 g/mol. The molecule has 2 aromatic carbocycles. The third kappa shape index (κ3) is 9.86. The van der Waals surface area contributed by atoms with Crippen LogP contribution in [0.25, 0.3) is 0 Å². The molecule has 190 valence electrons. The average Bonchev–Trinajstić information content (AvgIpc) is 2.78. The fraction of sp³-hybridized carbons (Fsp3) is 0.423. The minimum atomic E-state index is -0.507. The zero-order valence-corrected chi connectivity index (χ0v) is 21.6. The van der Waals surface area contributed by atoms with Gasteiger partial charge in [-0.2, -0.15) is 0 Å². The van der Waals surface area contributed by atoms with E-state index in [4.69, 9.17) is 21.1 Å². The molecule has 0 unspecified atom stereocenters. The molecule has 0 aliphatic heterocycles. The van der Waals surface area contributed by atoms with Crippen LogP contribution in [0.15, 0.2) is 42.5 Å². The summed E-state index contributed by atoms with van der Waals surface area (Å²) in [6.45, 7) is 8.21. The SMILES string of the molecule is CCCOc1ccc(C(=O)N[C@H](CC(=O)OC)Cc2ccc(NC(=O)NC(C)(C)C)cc2)cc1Cl. The van der Waals surface area contributed by atoms with Gasteiger partial charge in [0.25, 0.3) is 5.91 Å². The van der Waals surface area contributed by atoms with Crippen LogP contribution in [0.4, 0.5) is 10.5 Å². The smallest absolute Gasteiger partial charge is 0.319 e. The number of nitrogens with one attached hydrogen (secondary N) is 3.